The van der Waals surface area contributed by atoms with Gasteiger partial charge in [-0.15, -0.1) is 0 Å². The number of ether oxygens (including phenoxy) is 1. The molecule has 1 aromatic rings. The number of hydrogen-bond acceptors (Lipinski definition) is 3. The van der Waals surface area contributed by atoms with Crippen LogP contribution in [0.5, 0.6) is 5.75 Å². The van der Waals surface area contributed by atoms with Gasteiger partial charge >= 0.3 is 0 Å². The van der Waals surface area contributed by atoms with Crippen molar-refractivity contribution in [2.45, 2.75) is 31.9 Å². The van der Waals surface area contributed by atoms with Gasteiger partial charge in [0.05, 0.1) is 10.6 Å². The molecule has 1 saturated carbocycles. The molecule has 0 aromatic heterocycles. The number of halogens is 1. The quantitative estimate of drug-likeness (QED) is 0.890. The van der Waals surface area contributed by atoms with Gasteiger partial charge in [0.2, 0.25) is 0 Å². The fourth-order valence-corrected chi connectivity index (χ4v) is 2.45. The first kappa shape index (κ1) is 13.4. The van der Waals surface area contributed by atoms with E-state index in [0.717, 1.165) is 10.0 Å². The average Bonchev–Trinajstić information content (AvgIpc) is 2.26. The Morgan fingerprint density at radius 1 is 1.56 bits per heavy atom. The third kappa shape index (κ3) is 3.46. The fraction of sp³-hybridized carbons (Fsp3) is 0.462. The molecule has 0 saturated heterocycles. The van der Waals surface area contributed by atoms with Crippen LogP contribution in [-0.2, 0) is 4.79 Å². The highest BCUT2D eigenvalue weighted by Crippen LogP contribution is 2.25. The van der Waals surface area contributed by atoms with Gasteiger partial charge in [-0.3, -0.25) is 4.79 Å². The first-order valence-electron chi connectivity index (χ1n) is 5.91. The number of hydrogen-bond donors (Lipinski definition) is 2. The van der Waals surface area contributed by atoms with E-state index in [1.54, 1.807) is 0 Å². The van der Waals surface area contributed by atoms with E-state index in [0.29, 0.717) is 18.6 Å². The zero-order valence-corrected chi connectivity index (χ0v) is 11.7. The summed E-state index contributed by atoms with van der Waals surface area (Å²) >= 11 is 3.39. The first-order chi connectivity index (χ1) is 8.54. The van der Waals surface area contributed by atoms with E-state index in [-0.39, 0.29) is 24.7 Å². The predicted molar refractivity (Wildman–Crippen MR) is 71.5 cm³/mol. The molecule has 1 aliphatic carbocycles. The Hall–Kier alpha value is -1.07. The Labute approximate surface area is 114 Å². The van der Waals surface area contributed by atoms with Gasteiger partial charge < -0.3 is 15.2 Å². The number of aliphatic hydroxyl groups excluding tert-OH is 1. The summed E-state index contributed by atoms with van der Waals surface area (Å²) in [7, 11) is 0. The normalized spacial score (nSPS) is 22.2. The molecule has 2 N–H and O–H groups in total. The molecule has 1 aromatic carbocycles. The molecule has 0 bridgehead atoms. The summed E-state index contributed by atoms with van der Waals surface area (Å²) in [6.45, 7) is 1.98. The molecule has 0 radical (unpaired) electrons. The van der Waals surface area contributed by atoms with Crippen LogP contribution in [0, 0.1) is 6.92 Å². The van der Waals surface area contributed by atoms with Gasteiger partial charge in [0.25, 0.3) is 5.91 Å². The van der Waals surface area contributed by atoms with Gasteiger partial charge in [0, 0.05) is 6.04 Å². The molecule has 0 unspecified atom stereocenters. The lowest BCUT2D eigenvalue weighted by molar-refractivity contribution is -0.125. The summed E-state index contributed by atoms with van der Waals surface area (Å²) in [6.07, 6.45) is 1.02. The molecule has 98 valence electrons. The fourth-order valence-electron chi connectivity index (χ4n) is 1.84. The largest absolute Gasteiger partial charge is 0.483 e. The Balaban J connectivity index is 1.78. The molecule has 0 aliphatic heterocycles. The van der Waals surface area contributed by atoms with Gasteiger partial charge in [-0.25, -0.2) is 0 Å². The molecule has 1 fully saturated rings. The number of amides is 1. The lowest BCUT2D eigenvalue weighted by atomic mass is 9.89. The summed E-state index contributed by atoms with van der Waals surface area (Å²) in [5.41, 5.74) is 1.13. The maximum absolute atomic E-state index is 11.6. The zero-order chi connectivity index (χ0) is 13.1. The first-order valence-corrected chi connectivity index (χ1v) is 6.70. The minimum absolute atomic E-state index is 0.00570. The van der Waals surface area contributed by atoms with Crippen molar-refractivity contribution in [3.63, 3.8) is 0 Å². The van der Waals surface area contributed by atoms with Crippen LogP contribution in [0.2, 0.25) is 0 Å². The topological polar surface area (TPSA) is 58.6 Å². The molecule has 1 aliphatic rings. The molecule has 0 spiro atoms. The minimum Gasteiger partial charge on any atom is -0.483 e. The van der Waals surface area contributed by atoms with Crippen LogP contribution in [-0.4, -0.2) is 29.8 Å². The van der Waals surface area contributed by atoms with Crippen molar-refractivity contribution in [2.75, 3.05) is 6.61 Å². The summed E-state index contributed by atoms with van der Waals surface area (Å²) in [4.78, 5) is 11.6. The number of aryl methyl sites for hydroxylation is 1. The SMILES string of the molecule is Cc1ccc(OCC(=O)NC2CC(O)C2)c(Br)c1. The van der Waals surface area contributed by atoms with Crippen LogP contribution >= 0.6 is 15.9 Å². The number of rotatable bonds is 4. The second kappa shape index (κ2) is 5.71. The lowest BCUT2D eigenvalue weighted by Crippen LogP contribution is -2.48. The minimum atomic E-state index is -0.262. The van der Waals surface area contributed by atoms with Gasteiger partial charge in [0.1, 0.15) is 5.75 Å². The Kier molecular flexibility index (Phi) is 4.24. The predicted octanol–water partition coefficient (Wildman–Crippen LogP) is 1.78. The van der Waals surface area contributed by atoms with Crippen LogP contribution in [0.1, 0.15) is 18.4 Å². The Morgan fingerprint density at radius 2 is 2.28 bits per heavy atom. The standard InChI is InChI=1S/C13H16BrNO3/c1-8-2-3-12(11(14)4-8)18-7-13(17)15-9-5-10(16)6-9/h2-4,9-10,16H,5-7H2,1H3,(H,15,17). The van der Waals surface area contributed by atoms with Gasteiger partial charge in [0.15, 0.2) is 6.61 Å². The van der Waals surface area contributed by atoms with Crippen LogP contribution < -0.4 is 10.1 Å². The molecule has 18 heavy (non-hydrogen) atoms. The maximum atomic E-state index is 11.6. The Bertz CT molecular complexity index is 444. The van der Waals surface area contributed by atoms with Crippen molar-refractivity contribution in [1.82, 2.24) is 5.32 Å². The maximum Gasteiger partial charge on any atom is 0.258 e. The molecule has 0 heterocycles. The molecule has 1 amide bonds. The number of carbonyl (C=O) groups is 1. The molecular formula is C13H16BrNO3. The van der Waals surface area contributed by atoms with Crippen molar-refractivity contribution < 1.29 is 14.6 Å². The smallest absolute Gasteiger partial charge is 0.258 e. The summed E-state index contributed by atoms with van der Waals surface area (Å²) in [5, 5.41) is 11.9. The molecule has 2 rings (SSSR count). The lowest BCUT2D eigenvalue weighted by Gasteiger charge is -2.31. The number of nitrogens with one attached hydrogen (secondary N) is 1. The highest BCUT2D eigenvalue weighted by Gasteiger charge is 2.28. The van der Waals surface area contributed by atoms with Crippen LogP contribution in [0.15, 0.2) is 22.7 Å². The van der Waals surface area contributed by atoms with Gasteiger partial charge in [-0.05, 0) is 53.4 Å². The second-order valence-corrected chi connectivity index (χ2v) is 5.47. The van der Waals surface area contributed by atoms with E-state index in [2.05, 4.69) is 21.2 Å². The summed E-state index contributed by atoms with van der Waals surface area (Å²) in [6, 6.07) is 5.80. The third-order valence-corrected chi connectivity index (χ3v) is 3.54. The van der Waals surface area contributed by atoms with E-state index in [4.69, 9.17) is 9.84 Å². The van der Waals surface area contributed by atoms with Crippen molar-refractivity contribution >= 4 is 21.8 Å². The van der Waals surface area contributed by atoms with Crippen molar-refractivity contribution in [3.8, 4) is 5.75 Å². The monoisotopic (exact) mass is 313 g/mol. The van der Waals surface area contributed by atoms with Crippen LogP contribution in [0.25, 0.3) is 0 Å². The highest BCUT2D eigenvalue weighted by molar-refractivity contribution is 9.10. The third-order valence-electron chi connectivity index (χ3n) is 2.92. The van der Waals surface area contributed by atoms with Crippen LogP contribution in [0.4, 0.5) is 0 Å². The van der Waals surface area contributed by atoms with Gasteiger partial charge in [-0.2, -0.15) is 0 Å². The second-order valence-electron chi connectivity index (χ2n) is 4.61. The molecule has 5 heteroatoms. The number of carbonyl (C=O) groups excluding carboxylic acids is 1. The Morgan fingerprint density at radius 3 is 2.89 bits per heavy atom. The van der Waals surface area contributed by atoms with E-state index in [1.807, 2.05) is 25.1 Å². The summed E-state index contributed by atoms with van der Waals surface area (Å²) in [5.74, 6) is 0.503. The van der Waals surface area contributed by atoms with E-state index < -0.39 is 0 Å². The van der Waals surface area contributed by atoms with E-state index >= 15 is 0 Å². The number of aliphatic hydroxyl groups is 1. The molecule has 0 atom stereocenters. The summed E-state index contributed by atoms with van der Waals surface area (Å²) < 4.78 is 6.27. The van der Waals surface area contributed by atoms with E-state index in [1.165, 1.54) is 0 Å². The molecule has 4 nitrogen and oxygen atoms in total. The molecular weight excluding hydrogens is 298 g/mol. The van der Waals surface area contributed by atoms with Crippen molar-refractivity contribution in [2.24, 2.45) is 0 Å². The van der Waals surface area contributed by atoms with Crippen LogP contribution in [0.3, 0.4) is 0 Å². The zero-order valence-electron chi connectivity index (χ0n) is 10.1. The van der Waals surface area contributed by atoms with Gasteiger partial charge in [-0.1, -0.05) is 6.07 Å². The number of benzene rings is 1. The van der Waals surface area contributed by atoms with Crippen molar-refractivity contribution in [3.05, 3.63) is 28.2 Å². The average molecular weight is 314 g/mol. The van der Waals surface area contributed by atoms with E-state index in [9.17, 15) is 4.79 Å². The highest BCUT2D eigenvalue weighted by atomic mass is 79.9. The van der Waals surface area contributed by atoms with Crippen molar-refractivity contribution in [1.29, 1.82) is 0 Å².